The third kappa shape index (κ3) is 4.47. The fourth-order valence-corrected chi connectivity index (χ4v) is 3.00. The largest absolute Gasteiger partial charge is 0.463 e. The topological polar surface area (TPSA) is 29.8 Å². The second-order valence-corrected chi connectivity index (χ2v) is 6.24. The molecule has 0 spiro atoms. The summed E-state index contributed by atoms with van der Waals surface area (Å²) in [5.74, 6) is 0.980. The first-order valence-electron chi connectivity index (χ1n) is 8.07. The fraction of sp³-hybridized carbons (Fsp3) is 0.200. The van der Waals surface area contributed by atoms with E-state index in [-0.39, 0.29) is 11.7 Å². The number of hydrogen-bond acceptors (Lipinski definition) is 1. The number of nitrogens with two attached hydrogens (primary N) is 1. The molecule has 1 aromatic heterocycles. The molecule has 0 saturated heterocycles. The van der Waals surface area contributed by atoms with Crippen LogP contribution < -0.4 is 5.32 Å². The number of hydrogen-bond donors (Lipinski definition) is 1. The molecule has 24 heavy (non-hydrogen) atoms. The van der Waals surface area contributed by atoms with Crippen LogP contribution in [0.3, 0.4) is 0 Å². The summed E-state index contributed by atoms with van der Waals surface area (Å²) in [5, 5.41) is 2.95. The van der Waals surface area contributed by atoms with E-state index in [4.69, 9.17) is 16.0 Å². The molecule has 4 heteroatoms. The highest BCUT2D eigenvalue weighted by Crippen LogP contribution is 2.28. The molecule has 3 rings (SSSR count). The molecule has 1 atom stereocenters. The van der Waals surface area contributed by atoms with Gasteiger partial charge in [-0.2, -0.15) is 0 Å². The zero-order valence-corrected chi connectivity index (χ0v) is 14.0. The van der Waals surface area contributed by atoms with Crippen LogP contribution in [0.4, 0.5) is 4.39 Å². The van der Waals surface area contributed by atoms with Gasteiger partial charge >= 0.3 is 0 Å². The molecule has 2 aromatic carbocycles. The van der Waals surface area contributed by atoms with Crippen LogP contribution in [-0.2, 0) is 6.54 Å². The van der Waals surface area contributed by atoms with Gasteiger partial charge in [0.05, 0.1) is 12.8 Å². The Balaban J connectivity index is 1.69. The van der Waals surface area contributed by atoms with Gasteiger partial charge in [-0.15, -0.1) is 0 Å². The van der Waals surface area contributed by atoms with Gasteiger partial charge in [-0.05, 0) is 47.5 Å². The van der Waals surface area contributed by atoms with Gasteiger partial charge in [0.15, 0.2) is 5.76 Å². The molecular weight excluding hydrogens is 325 g/mol. The van der Waals surface area contributed by atoms with Crippen LogP contribution in [0.25, 0.3) is 0 Å². The molecule has 2 nitrogen and oxygen atoms in total. The van der Waals surface area contributed by atoms with Gasteiger partial charge in [-0.3, -0.25) is 0 Å². The van der Waals surface area contributed by atoms with Crippen molar-refractivity contribution in [2.24, 2.45) is 0 Å². The second kappa shape index (κ2) is 8.13. The second-order valence-electron chi connectivity index (χ2n) is 5.81. The van der Waals surface area contributed by atoms with Crippen molar-refractivity contribution in [2.75, 3.05) is 6.54 Å². The van der Waals surface area contributed by atoms with Gasteiger partial charge in [-0.25, -0.2) is 4.39 Å². The third-order valence-corrected chi connectivity index (χ3v) is 4.38. The van der Waals surface area contributed by atoms with Gasteiger partial charge in [0, 0.05) is 17.4 Å². The standard InChI is InChI=1S/C20H19ClFNO/c21-17-7-3-15(4-8-17)20(16-5-9-18(22)10-6-16)11-12-23-14-19-2-1-13-24-19/h1-10,13,20,23H,11-12,14H2/p+1/t20-/m1/s1. The van der Waals surface area contributed by atoms with Crippen LogP contribution in [0.2, 0.25) is 5.02 Å². The Labute approximate surface area is 146 Å². The molecule has 0 unspecified atom stereocenters. The van der Waals surface area contributed by atoms with Crippen LogP contribution in [0, 0.1) is 5.82 Å². The average molecular weight is 345 g/mol. The Morgan fingerprint density at radius 1 is 0.958 bits per heavy atom. The van der Waals surface area contributed by atoms with Crippen molar-refractivity contribution in [2.45, 2.75) is 18.9 Å². The summed E-state index contributed by atoms with van der Waals surface area (Å²) < 4.78 is 18.6. The van der Waals surface area contributed by atoms with Crippen molar-refractivity contribution in [3.63, 3.8) is 0 Å². The number of furan rings is 1. The zero-order valence-electron chi connectivity index (χ0n) is 13.3. The predicted molar refractivity (Wildman–Crippen MR) is 93.5 cm³/mol. The Morgan fingerprint density at radius 2 is 1.62 bits per heavy atom. The van der Waals surface area contributed by atoms with E-state index in [1.54, 1.807) is 6.26 Å². The van der Waals surface area contributed by atoms with E-state index in [2.05, 4.69) is 5.32 Å². The molecule has 0 aliphatic heterocycles. The quantitative estimate of drug-likeness (QED) is 0.634. The fourth-order valence-electron chi connectivity index (χ4n) is 2.87. The molecule has 0 fully saturated rings. The van der Waals surface area contributed by atoms with Crippen LogP contribution >= 0.6 is 11.6 Å². The summed E-state index contributed by atoms with van der Waals surface area (Å²) in [7, 11) is 0. The van der Waals surface area contributed by atoms with Crippen LogP contribution in [0.15, 0.2) is 71.3 Å². The highest BCUT2D eigenvalue weighted by Gasteiger charge is 2.15. The van der Waals surface area contributed by atoms with E-state index in [1.165, 1.54) is 17.7 Å². The lowest BCUT2D eigenvalue weighted by Gasteiger charge is -2.17. The minimum absolute atomic E-state index is 0.210. The Bertz CT molecular complexity index is 693. The predicted octanol–water partition coefficient (Wildman–Crippen LogP) is 4.36. The van der Waals surface area contributed by atoms with Gasteiger partial charge in [0.2, 0.25) is 0 Å². The Kier molecular flexibility index (Phi) is 5.68. The summed E-state index contributed by atoms with van der Waals surface area (Å²) in [6.45, 7) is 1.77. The highest BCUT2D eigenvalue weighted by atomic mass is 35.5. The van der Waals surface area contributed by atoms with E-state index in [0.717, 1.165) is 35.9 Å². The number of rotatable bonds is 7. The molecule has 1 heterocycles. The molecular formula is C20H20ClFNO+. The van der Waals surface area contributed by atoms with E-state index < -0.39 is 0 Å². The average Bonchev–Trinajstić information content (AvgIpc) is 3.11. The summed E-state index contributed by atoms with van der Waals surface area (Å²) in [6.07, 6.45) is 2.65. The lowest BCUT2D eigenvalue weighted by atomic mass is 9.88. The lowest BCUT2D eigenvalue weighted by Crippen LogP contribution is -2.82. The third-order valence-electron chi connectivity index (χ3n) is 4.13. The maximum Gasteiger partial charge on any atom is 0.157 e. The maximum absolute atomic E-state index is 13.2. The van der Waals surface area contributed by atoms with Crippen LogP contribution in [0.1, 0.15) is 29.2 Å². The monoisotopic (exact) mass is 344 g/mol. The molecule has 0 saturated carbocycles. The Hall–Kier alpha value is -2.10. The van der Waals surface area contributed by atoms with Crippen molar-refractivity contribution in [3.05, 3.63) is 94.7 Å². The maximum atomic E-state index is 13.2. The molecule has 124 valence electrons. The molecule has 0 aliphatic carbocycles. The molecule has 0 bridgehead atoms. The highest BCUT2D eigenvalue weighted by molar-refractivity contribution is 6.30. The first-order valence-corrected chi connectivity index (χ1v) is 8.45. The van der Waals surface area contributed by atoms with Crippen LogP contribution in [-0.4, -0.2) is 6.54 Å². The summed E-state index contributed by atoms with van der Waals surface area (Å²) in [4.78, 5) is 0. The van der Waals surface area contributed by atoms with E-state index in [9.17, 15) is 4.39 Å². The van der Waals surface area contributed by atoms with Crippen molar-refractivity contribution >= 4 is 11.6 Å². The summed E-state index contributed by atoms with van der Waals surface area (Å²) in [6, 6.07) is 18.5. The summed E-state index contributed by atoms with van der Waals surface area (Å²) in [5.41, 5.74) is 2.31. The zero-order chi connectivity index (χ0) is 16.8. The Morgan fingerprint density at radius 3 is 2.25 bits per heavy atom. The number of quaternary nitrogens is 1. The molecule has 2 N–H and O–H groups in total. The van der Waals surface area contributed by atoms with Crippen molar-refractivity contribution in [1.82, 2.24) is 0 Å². The van der Waals surface area contributed by atoms with E-state index in [1.807, 2.05) is 48.5 Å². The van der Waals surface area contributed by atoms with Crippen molar-refractivity contribution in [3.8, 4) is 0 Å². The number of halogens is 2. The van der Waals surface area contributed by atoms with Gasteiger partial charge in [-0.1, -0.05) is 35.9 Å². The normalized spacial score (nSPS) is 12.2. The van der Waals surface area contributed by atoms with Crippen molar-refractivity contribution < 1.29 is 14.1 Å². The van der Waals surface area contributed by atoms with E-state index >= 15 is 0 Å². The smallest absolute Gasteiger partial charge is 0.157 e. The van der Waals surface area contributed by atoms with Crippen molar-refractivity contribution in [1.29, 1.82) is 0 Å². The van der Waals surface area contributed by atoms with Gasteiger partial charge in [0.1, 0.15) is 12.4 Å². The molecule has 0 radical (unpaired) electrons. The SMILES string of the molecule is Fc1ccc([C@H](CC[NH2+]Cc2ccco2)c2ccc(Cl)cc2)cc1. The lowest BCUT2D eigenvalue weighted by molar-refractivity contribution is -0.672. The minimum atomic E-state index is -0.210. The first-order chi connectivity index (χ1) is 11.7. The minimum Gasteiger partial charge on any atom is -0.463 e. The molecule has 3 aromatic rings. The van der Waals surface area contributed by atoms with E-state index in [0.29, 0.717) is 0 Å². The first kappa shape index (κ1) is 16.7. The van der Waals surface area contributed by atoms with Gasteiger partial charge in [0.25, 0.3) is 0 Å². The molecule has 0 aliphatic rings. The summed E-state index contributed by atoms with van der Waals surface area (Å²) >= 11 is 6.00. The van der Waals surface area contributed by atoms with Crippen LogP contribution in [0.5, 0.6) is 0 Å². The number of benzene rings is 2. The molecule has 0 amide bonds. The van der Waals surface area contributed by atoms with Gasteiger partial charge < -0.3 is 9.73 Å².